The third kappa shape index (κ3) is 6.15. The highest BCUT2D eigenvalue weighted by Gasteiger charge is 2.37. The summed E-state index contributed by atoms with van der Waals surface area (Å²) in [7, 11) is -5.66. The van der Waals surface area contributed by atoms with Crippen LogP contribution in [0.25, 0.3) is 10.8 Å². The van der Waals surface area contributed by atoms with E-state index < -0.39 is 15.6 Å². The van der Waals surface area contributed by atoms with E-state index in [1.165, 1.54) is 45.6 Å². The fraction of sp³-hybridized carbons (Fsp3) is 0.273. The number of rotatable bonds is 4. The molecule has 0 atom stereocenters. The molecule has 1 aliphatic rings. The largest absolute Gasteiger partial charge is 0.741 e. The SMILES string of the molecule is O=S(=O)([O-])C(F)(F)F.c1ccc(COc2ccc([S+]3CCCC3)c3ccccc23)cc1. The molecule has 0 aliphatic carbocycles. The van der Waals surface area contributed by atoms with E-state index in [-0.39, 0.29) is 0 Å². The maximum absolute atomic E-state index is 10.7. The van der Waals surface area contributed by atoms with Crippen molar-refractivity contribution in [1.82, 2.24) is 0 Å². The molecule has 4 rings (SSSR count). The topological polar surface area (TPSA) is 66.4 Å². The van der Waals surface area contributed by atoms with Crippen LogP contribution in [0, 0.1) is 0 Å². The first-order valence-electron chi connectivity index (χ1n) is 9.55. The molecule has 1 aliphatic heterocycles. The van der Waals surface area contributed by atoms with Crippen molar-refractivity contribution < 1.29 is 30.9 Å². The second-order valence-corrected chi connectivity index (χ2v) is 10.5. The lowest BCUT2D eigenvalue weighted by Gasteiger charge is -2.12. The minimum Gasteiger partial charge on any atom is -0.741 e. The number of ether oxygens (including phenoxy) is 1. The van der Waals surface area contributed by atoms with Crippen LogP contribution in [0.3, 0.4) is 0 Å². The van der Waals surface area contributed by atoms with Gasteiger partial charge in [0, 0.05) is 21.7 Å². The molecule has 3 aromatic rings. The molecule has 0 aromatic heterocycles. The average molecular weight is 471 g/mol. The van der Waals surface area contributed by atoms with Gasteiger partial charge in [-0.15, -0.1) is 0 Å². The summed E-state index contributed by atoms with van der Waals surface area (Å²) in [5, 5.41) is 2.63. The summed E-state index contributed by atoms with van der Waals surface area (Å²) in [6.45, 7) is 0.621. The summed E-state index contributed by atoms with van der Waals surface area (Å²) in [5.41, 5.74) is -4.44. The van der Waals surface area contributed by atoms with Gasteiger partial charge in [-0.05, 0) is 36.6 Å². The lowest BCUT2D eigenvalue weighted by Crippen LogP contribution is -2.21. The standard InChI is InChI=1S/C21H21OS.CHF3O3S/c1-2-8-17(9-3-1)16-22-20-12-13-21(23-14-6-7-15-23)19-11-5-4-10-18(19)20;2-1(3,4)8(5,6)7/h1-5,8-13H,6-7,14-16H2;(H,5,6,7)/q+1;/p-1. The predicted molar refractivity (Wildman–Crippen MR) is 115 cm³/mol. The maximum Gasteiger partial charge on any atom is 0.485 e. The lowest BCUT2D eigenvalue weighted by atomic mass is 10.1. The van der Waals surface area contributed by atoms with Crippen LogP contribution in [-0.4, -0.2) is 30.0 Å². The Morgan fingerprint density at radius 2 is 1.42 bits per heavy atom. The van der Waals surface area contributed by atoms with Crippen molar-refractivity contribution in [3.63, 3.8) is 0 Å². The molecule has 9 heteroatoms. The van der Waals surface area contributed by atoms with Gasteiger partial charge in [-0.2, -0.15) is 13.2 Å². The minimum atomic E-state index is -6.09. The van der Waals surface area contributed by atoms with Gasteiger partial charge in [0.2, 0.25) is 0 Å². The van der Waals surface area contributed by atoms with Crippen LogP contribution in [0.1, 0.15) is 18.4 Å². The molecule has 4 nitrogen and oxygen atoms in total. The Labute approximate surface area is 182 Å². The van der Waals surface area contributed by atoms with E-state index in [1.54, 1.807) is 0 Å². The van der Waals surface area contributed by atoms with Gasteiger partial charge >= 0.3 is 5.51 Å². The minimum absolute atomic E-state index is 0.431. The molecule has 0 radical (unpaired) electrons. The molecule has 166 valence electrons. The van der Waals surface area contributed by atoms with Gasteiger partial charge in [0.05, 0.1) is 0 Å². The van der Waals surface area contributed by atoms with Crippen molar-refractivity contribution in [2.45, 2.75) is 29.9 Å². The molecule has 0 bridgehead atoms. The Morgan fingerprint density at radius 3 is 2.00 bits per heavy atom. The zero-order chi connectivity index (χ0) is 22.5. The third-order valence-corrected chi connectivity index (χ3v) is 7.82. The van der Waals surface area contributed by atoms with Gasteiger partial charge in [-0.3, -0.25) is 0 Å². The lowest BCUT2D eigenvalue weighted by molar-refractivity contribution is -0.0517. The summed E-state index contributed by atoms with van der Waals surface area (Å²) in [6, 6.07) is 23.5. The van der Waals surface area contributed by atoms with Crippen LogP contribution in [0.4, 0.5) is 13.2 Å². The van der Waals surface area contributed by atoms with Crippen LogP contribution in [0.2, 0.25) is 0 Å². The molecule has 0 N–H and O–H groups in total. The first-order valence-corrected chi connectivity index (χ1v) is 12.5. The Bertz CT molecular complexity index is 1110. The number of benzene rings is 3. The first kappa shape index (κ1) is 23.4. The summed E-state index contributed by atoms with van der Waals surface area (Å²) < 4.78 is 65.0. The van der Waals surface area contributed by atoms with E-state index in [4.69, 9.17) is 17.7 Å². The average Bonchev–Trinajstić information content (AvgIpc) is 3.26. The van der Waals surface area contributed by atoms with Crippen LogP contribution < -0.4 is 4.74 Å². The zero-order valence-electron chi connectivity index (χ0n) is 16.5. The summed E-state index contributed by atoms with van der Waals surface area (Å²) in [6.07, 6.45) is 2.76. The number of alkyl halides is 3. The highest BCUT2D eigenvalue weighted by molar-refractivity contribution is 7.97. The zero-order valence-corrected chi connectivity index (χ0v) is 18.1. The highest BCUT2D eigenvalue weighted by atomic mass is 32.2. The summed E-state index contributed by atoms with van der Waals surface area (Å²) >= 11 is 0. The van der Waals surface area contributed by atoms with Gasteiger partial charge < -0.3 is 9.29 Å². The predicted octanol–water partition coefficient (Wildman–Crippen LogP) is 5.24. The van der Waals surface area contributed by atoms with Crippen LogP contribution in [0.5, 0.6) is 5.75 Å². The van der Waals surface area contributed by atoms with Crippen LogP contribution in [0.15, 0.2) is 71.6 Å². The highest BCUT2D eigenvalue weighted by Crippen LogP contribution is 2.35. The smallest absolute Gasteiger partial charge is 0.485 e. The van der Waals surface area contributed by atoms with Crippen LogP contribution >= 0.6 is 0 Å². The van der Waals surface area contributed by atoms with E-state index in [9.17, 15) is 13.2 Å². The van der Waals surface area contributed by atoms with Crippen molar-refractivity contribution in [2.24, 2.45) is 0 Å². The molecule has 0 unspecified atom stereocenters. The first-order chi connectivity index (χ1) is 14.7. The Kier molecular flexibility index (Phi) is 7.51. The molecule has 1 fully saturated rings. The number of fused-ring (bicyclic) bond motifs is 1. The van der Waals surface area contributed by atoms with Gasteiger partial charge in [0.15, 0.2) is 15.0 Å². The normalized spacial score (nSPS) is 14.8. The number of hydrogen-bond acceptors (Lipinski definition) is 4. The van der Waals surface area contributed by atoms with Crippen molar-refractivity contribution in [3.8, 4) is 5.75 Å². The molecule has 3 aromatic carbocycles. The molecule has 0 saturated carbocycles. The summed E-state index contributed by atoms with van der Waals surface area (Å²) in [4.78, 5) is 1.53. The maximum atomic E-state index is 10.7. The second kappa shape index (κ2) is 9.93. The quantitative estimate of drug-likeness (QED) is 0.297. The number of hydrogen-bond donors (Lipinski definition) is 0. The molecule has 0 spiro atoms. The van der Waals surface area contributed by atoms with Gasteiger partial charge in [0.1, 0.15) is 23.9 Å². The Hall–Kier alpha value is -2.23. The van der Waals surface area contributed by atoms with E-state index in [1.807, 2.05) is 6.07 Å². The van der Waals surface area contributed by atoms with E-state index in [0.29, 0.717) is 17.5 Å². The molecule has 0 amide bonds. The van der Waals surface area contributed by atoms with Crippen LogP contribution in [-0.2, 0) is 27.6 Å². The number of halogens is 3. The molecule has 1 saturated heterocycles. The van der Waals surface area contributed by atoms with E-state index in [2.05, 4.69) is 60.7 Å². The van der Waals surface area contributed by atoms with Crippen molar-refractivity contribution >= 4 is 31.8 Å². The Morgan fingerprint density at radius 1 is 0.871 bits per heavy atom. The van der Waals surface area contributed by atoms with Gasteiger partial charge in [-0.25, -0.2) is 8.42 Å². The summed E-state index contributed by atoms with van der Waals surface area (Å²) in [5.74, 6) is 3.71. The monoisotopic (exact) mass is 470 g/mol. The second-order valence-electron chi connectivity index (χ2n) is 6.89. The molecule has 31 heavy (non-hydrogen) atoms. The molecular weight excluding hydrogens is 449 g/mol. The van der Waals surface area contributed by atoms with E-state index >= 15 is 0 Å². The van der Waals surface area contributed by atoms with Crippen molar-refractivity contribution in [3.05, 3.63) is 72.3 Å². The molecule has 1 heterocycles. The third-order valence-electron chi connectivity index (χ3n) is 4.71. The van der Waals surface area contributed by atoms with Crippen molar-refractivity contribution in [1.29, 1.82) is 0 Å². The molecular formula is C22H21F3O4S2. The van der Waals surface area contributed by atoms with Crippen molar-refractivity contribution in [2.75, 3.05) is 11.5 Å². The fourth-order valence-electron chi connectivity index (χ4n) is 3.23. The fourth-order valence-corrected chi connectivity index (χ4v) is 5.73. The van der Waals surface area contributed by atoms with Gasteiger partial charge in [0.25, 0.3) is 0 Å². The van der Waals surface area contributed by atoms with E-state index in [0.717, 1.165) is 5.75 Å². The Balaban J connectivity index is 0.000000293. The van der Waals surface area contributed by atoms with Gasteiger partial charge in [-0.1, -0.05) is 48.5 Å².